The molecule has 3 aliphatic rings. The first-order chi connectivity index (χ1) is 8.49. The van der Waals surface area contributed by atoms with E-state index in [0.717, 1.165) is 29.2 Å². The van der Waals surface area contributed by atoms with Crippen LogP contribution in [-0.2, 0) is 4.79 Å². The van der Waals surface area contributed by atoms with E-state index in [2.05, 4.69) is 4.99 Å². The van der Waals surface area contributed by atoms with E-state index in [-0.39, 0.29) is 5.91 Å². The molecule has 2 bridgehead atoms. The predicted molar refractivity (Wildman–Crippen MR) is 73.7 cm³/mol. The molecular formula is C14H21NO2S. The lowest BCUT2D eigenvalue weighted by Crippen LogP contribution is -2.38. The number of rotatable bonds is 3. The first-order valence-corrected chi connectivity index (χ1v) is 7.79. The van der Waals surface area contributed by atoms with E-state index in [0.29, 0.717) is 0 Å². The lowest BCUT2D eigenvalue weighted by Gasteiger charge is -2.25. The van der Waals surface area contributed by atoms with Gasteiger partial charge in [0.25, 0.3) is 5.91 Å². The molecule has 18 heavy (non-hydrogen) atoms. The summed E-state index contributed by atoms with van der Waals surface area (Å²) in [6.07, 6.45) is 5.81. The quantitative estimate of drug-likeness (QED) is 0.855. The van der Waals surface area contributed by atoms with E-state index in [1.165, 1.54) is 37.4 Å². The minimum atomic E-state index is -0.743. The summed E-state index contributed by atoms with van der Waals surface area (Å²) in [5, 5.41) is 10.7. The summed E-state index contributed by atoms with van der Waals surface area (Å²) in [5.74, 6) is 2.39. The molecule has 1 aliphatic heterocycles. The van der Waals surface area contributed by atoms with Gasteiger partial charge >= 0.3 is 0 Å². The molecule has 0 unspecified atom stereocenters. The minimum Gasteiger partial charge on any atom is -0.391 e. The third-order valence-electron chi connectivity index (χ3n) is 5.10. The molecule has 0 radical (unpaired) electrons. The fourth-order valence-electron chi connectivity index (χ4n) is 3.74. The van der Waals surface area contributed by atoms with E-state index in [1.54, 1.807) is 6.92 Å². The molecule has 2 fully saturated rings. The van der Waals surface area contributed by atoms with Crippen LogP contribution in [0.3, 0.4) is 0 Å². The van der Waals surface area contributed by atoms with Gasteiger partial charge in [0.2, 0.25) is 0 Å². The van der Waals surface area contributed by atoms with Crippen molar-refractivity contribution >= 4 is 22.7 Å². The van der Waals surface area contributed by atoms with Crippen molar-refractivity contribution in [1.29, 1.82) is 0 Å². The molecule has 1 amide bonds. The number of fused-ring (bicyclic) bond motifs is 2. The van der Waals surface area contributed by atoms with Crippen molar-refractivity contribution in [2.75, 3.05) is 0 Å². The van der Waals surface area contributed by atoms with Crippen molar-refractivity contribution in [1.82, 2.24) is 0 Å². The zero-order chi connectivity index (χ0) is 12.9. The molecule has 0 aromatic carbocycles. The molecule has 4 heteroatoms. The summed E-state index contributed by atoms with van der Waals surface area (Å²) in [6.45, 7) is 3.49. The Bertz CT molecular complexity index is 407. The topological polar surface area (TPSA) is 49.7 Å². The largest absolute Gasteiger partial charge is 0.391 e. The third-order valence-corrected chi connectivity index (χ3v) is 6.53. The van der Waals surface area contributed by atoms with Crippen molar-refractivity contribution in [3.05, 3.63) is 0 Å². The van der Waals surface area contributed by atoms with E-state index >= 15 is 0 Å². The van der Waals surface area contributed by atoms with Crippen molar-refractivity contribution in [3.63, 3.8) is 0 Å². The fourth-order valence-corrected chi connectivity index (χ4v) is 4.96. The van der Waals surface area contributed by atoms with E-state index in [4.69, 9.17) is 0 Å². The number of thioether (sulfide) groups is 1. The lowest BCUT2D eigenvalue weighted by molar-refractivity contribution is -0.121. The number of aliphatic imine (C=N–C) groups is 1. The van der Waals surface area contributed by atoms with Crippen LogP contribution in [0.5, 0.6) is 0 Å². The average Bonchev–Trinajstić information content (AvgIpc) is 2.95. The molecular weight excluding hydrogens is 246 g/mol. The van der Waals surface area contributed by atoms with Crippen LogP contribution in [0.2, 0.25) is 0 Å². The predicted octanol–water partition coefficient (Wildman–Crippen LogP) is 2.62. The number of nitrogens with zero attached hydrogens (tertiary/aromatic N) is 1. The number of aliphatic hydroxyl groups excluding tert-OH is 1. The van der Waals surface area contributed by atoms with Crippen molar-refractivity contribution < 1.29 is 9.90 Å². The number of hydrogen-bond acceptors (Lipinski definition) is 3. The van der Waals surface area contributed by atoms with E-state index in [9.17, 15) is 9.90 Å². The summed E-state index contributed by atoms with van der Waals surface area (Å²) in [5.41, 5.74) is 0. The highest BCUT2D eigenvalue weighted by Crippen LogP contribution is 2.51. The second kappa shape index (κ2) is 4.34. The van der Waals surface area contributed by atoms with Crippen LogP contribution in [0.15, 0.2) is 4.99 Å². The van der Waals surface area contributed by atoms with Crippen LogP contribution in [0, 0.1) is 17.8 Å². The highest BCUT2D eigenvalue weighted by Gasteiger charge is 2.47. The molecule has 0 saturated heterocycles. The van der Waals surface area contributed by atoms with Gasteiger partial charge in [0.15, 0.2) is 0 Å². The third kappa shape index (κ3) is 1.94. The monoisotopic (exact) mass is 267 g/mol. The van der Waals surface area contributed by atoms with Crippen LogP contribution in [0.4, 0.5) is 0 Å². The summed E-state index contributed by atoms with van der Waals surface area (Å²) in [6, 6.07) is 0. The smallest absolute Gasteiger partial charge is 0.265 e. The van der Waals surface area contributed by atoms with Gasteiger partial charge in [-0.05, 0) is 57.3 Å². The molecule has 5 atom stereocenters. The number of hydrogen-bond donors (Lipinski definition) is 1. The fraction of sp³-hybridized carbons (Fsp3) is 0.857. The van der Waals surface area contributed by atoms with Gasteiger partial charge < -0.3 is 5.11 Å². The molecule has 0 spiro atoms. The lowest BCUT2D eigenvalue weighted by atomic mass is 9.87. The van der Waals surface area contributed by atoms with Gasteiger partial charge in [-0.25, -0.2) is 4.99 Å². The Morgan fingerprint density at radius 1 is 1.50 bits per heavy atom. The molecule has 0 aromatic heterocycles. The summed E-state index contributed by atoms with van der Waals surface area (Å²) < 4.78 is -0.743. The Hall–Kier alpha value is -0.350. The molecule has 2 saturated carbocycles. The summed E-state index contributed by atoms with van der Waals surface area (Å²) >= 11 is 1.49. The minimum absolute atomic E-state index is 0.152. The molecule has 3 nitrogen and oxygen atoms in total. The van der Waals surface area contributed by atoms with Crippen LogP contribution in [0.25, 0.3) is 0 Å². The first kappa shape index (κ1) is 12.7. The molecule has 2 aliphatic carbocycles. The second-order valence-electron chi connectivity index (χ2n) is 6.33. The van der Waals surface area contributed by atoms with E-state index < -0.39 is 10.9 Å². The Balaban J connectivity index is 1.65. The molecule has 1 heterocycles. The van der Waals surface area contributed by atoms with Crippen LogP contribution in [-0.4, -0.2) is 26.9 Å². The number of carbonyl (C=O) groups excluding carboxylic acids is 1. The molecule has 3 rings (SSSR count). The van der Waals surface area contributed by atoms with Crippen LogP contribution in [0.1, 0.15) is 46.0 Å². The standard InChI is InChI=1S/C14H21NO2S/c1-8(16)14(2)13(17)15-12(18-14)7-11-6-9-3-4-10(11)5-9/h8-11,16H,3-7H2,1-2H3/t8-,9-,10+,11-,14+/m1/s1. The molecule has 100 valence electrons. The van der Waals surface area contributed by atoms with Crippen LogP contribution < -0.4 is 0 Å². The Labute approximate surface area is 112 Å². The highest BCUT2D eigenvalue weighted by molar-refractivity contribution is 8.16. The van der Waals surface area contributed by atoms with Gasteiger partial charge in [0, 0.05) is 0 Å². The van der Waals surface area contributed by atoms with Gasteiger partial charge in [-0.2, -0.15) is 0 Å². The van der Waals surface area contributed by atoms with Gasteiger partial charge in [-0.1, -0.05) is 18.2 Å². The Morgan fingerprint density at radius 2 is 2.28 bits per heavy atom. The first-order valence-electron chi connectivity index (χ1n) is 6.98. The summed E-state index contributed by atoms with van der Waals surface area (Å²) in [4.78, 5) is 16.1. The maximum absolute atomic E-state index is 11.9. The SMILES string of the molecule is C[C@@H](O)[C@]1(C)SC(C[C@H]2C[C@@H]3CC[C@H]2C3)=NC1=O. The maximum atomic E-state index is 11.9. The Morgan fingerprint density at radius 3 is 2.78 bits per heavy atom. The van der Waals surface area contributed by atoms with E-state index in [1.807, 2.05) is 6.92 Å². The molecule has 1 N–H and O–H groups in total. The number of amides is 1. The Kier molecular flexibility index (Phi) is 3.06. The van der Waals surface area contributed by atoms with Gasteiger partial charge in [0.1, 0.15) is 4.75 Å². The number of aliphatic hydroxyl groups is 1. The van der Waals surface area contributed by atoms with Gasteiger partial charge in [-0.15, -0.1) is 0 Å². The van der Waals surface area contributed by atoms with Crippen molar-refractivity contribution in [2.24, 2.45) is 22.7 Å². The van der Waals surface area contributed by atoms with Crippen LogP contribution >= 0.6 is 11.8 Å². The van der Waals surface area contributed by atoms with Gasteiger partial charge in [0.05, 0.1) is 11.1 Å². The zero-order valence-electron chi connectivity index (χ0n) is 11.1. The zero-order valence-corrected chi connectivity index (χ0v) is 11.9. The normalized spacial score (nSPS) is 44.5. The van der Waals surface area contributed by atoms with Gasteiger partial charge in [-0.3, -0.25) is 4.79 Å². The van der Waals surface area contributed by atoms with Crippen molar-refractivity contribution in [3.8, 4) is 0 Å². The number of carbonyl (C=O) groups is 1. The van der Waals surface area contributed by atoms with Crippen molar-refractivity contribution in [2.45, 2.75) is 56.8 Å². The second-order valence-corrected chi connectivity index (χ2v) is 7.86. The summed E-state index contributed by atoms with van der Waals surface area (Å²) in [7, 11) is 0. The maximum Gasteiger partial charge on any atom is 0.265 e. The average molecular weight is 267 g/mol. The highest BCUT2D eigenvalue weighted by atomic mass is 32.2. The molecule has 0 aromatic rings.